The van der Waals surface area contributed by atoms with E-state index in [1.54, 1.807) is 31.2 Å². The monoisotopic (exact) mass is 250 g/mol. The van der Waals surface area contributed by atoms with Gasteiger partial charge in [0.15, 0.2) is 0 Å². The van der Waals surface area contributed by atoms with Gasteiger partial charge in [0.1, 0.15) is 11.3 Å². The SMILES string of the molecule is CCC(=O)Oc1ccccc1C(=O)OCC(C)C. The van der Waals surface area contributed by atoms with E-state index in [9.17, 15) is 9.59 Å². The fourth-order valence-corrected chi connectivity index (χ4v) is 1.24. The van der Waals surface area contributed by atoms with E-state index in [0.717, 1.165) is 0 Å². The Morgan fingerprint density at radius 2 is 1.89 bits per heavy atom. The predicted octanol–water partition coefficient (Wildman–Crippen LogP) is 2.81. The predicted molar refractivity (Wildman–Crippen MR) is 67.5 cm³/mol. The zero-order chi connectivity index (χ0) is 13.5. The molecular formula is C14H18O4. The van der Waals surface area contributed by atoms with Gasteiger partial charge in [-0.3, -0.25) is 4.79 Å². The molecule has 0 saturated heterocycles. The maximum absolute atomic E-state index is 11.8. The topological polar surface area (TPSA) is 52.6 Å². The van der Waals surface area contributed by atoms with E-state index < -0.39 is 5.97 Å². The summed E-state index contributed by atoms with van der Waals surface area (Å²) in [5.41, 5.74) is 0.278. The molecule has 0 bridgehead atoms. The van der Waals surface area contributed by atoms with Gasteiger partial charge in [0, 0.05) is 6.42 Å². The normalized spacial score (nSPS) is 10.2. The lowest BCUT2D eigenvalue weighted by atomic mass is 10.2. The molecule has 0 atom stereocenters. The smallest absolute Gasteiger partial charge is 0.341 e. The minimum atomic E-state index is -0.469. The van der Waals surface area contributed by atoms with Crippen molar-refractivity contribution in [3.63, 3.8) is 0 Å². The van der Waals surface area contributed by atoms with Gasteiger partial charge in [-0.05, 0) is 18.1 Å². The highest BCUT2D eigenvalue weighted by atomic mass is 16.5. The first-order chi connectivity index (χ1) is 8.54. The number of hydrogen-bond acceptors (Lipinski definition) is 4. The molecule has 0 aliphatic heterocycles. The van der Waals surface area contributed by atoms with Crippen LogP contribution in [0.1, 0.15) is 37.6 Å². The van der Waals surface area contributed by atoms with Crippen LogP contribution in [-0.2, 0) is 9.53 Å². The molecule has 1 aromatic carbocycles. The van der Waals surface area contributed by atoms with Crippen molar-refractivity contribution in [2.24, 2.45) is 5.92 Å². The second kappa shape index (κ2) is 6.79. The summed E-state index contributed by atoms with van der Waals surface area (Å²) in [6.45, 7) is 5.95. The Kier molecular flexibility index (Phi) is 5.36. The summed E-state index contributed by atoms with van der Waals surface area (Å²) in [6.07, 6.45) is 0.259. The molecule has 0 amide bonds. The number of ether oxygens (including phenoxy) is 2. The van der Waals surface area contributed by atoms with E-state index >= 15 is 0 Å². The van der Waals surface area contributed by atoms with Gasteiger partial charge in [-0.2, -0.15) is 0 Å². The molecular weight excluding hydrogens is 232 g/mol. The average Bonchev–Trinajstić information content (AvgIpc) is 2.36. The van der Waals surface area contributed by atoms with Gasteiger partial charge in [-0.15, -0.1) is 0 Å². The van der Waals surface area contributed by atoms with Gasteiger partial charge < -0.3 is 9.47 Å². The van der Waals surface area contributed by atoms with Crippen molar-refractivity contribution >= 4 is 11.9 Å². The molecule has 1 rings (SSSR count). The Bertz CT molecular complexity index is 424. The van der Waals surface area contributed by atoms with Gasteiger partial charge in [0.05, 0.1) is 6.61 Å². The lowest BCUT2D eigenvalue weighted by molar-refractivity contribution is -0.134. The van der Waals surface area contributed by atoms with Crippen molar-refractivity contribution in [2.45, 2.75) is 27.2 Å². The molecule has 4 heteroatoms. The second-order valence-electron chi connectivity index (χ2n) is 4.32. The van der Waals surface area contributed by atoms with Crippen LogP contribution in [-0.4, -0.2) is 18.5 Å². The third-order valence-electron chi connectivity index (χ3n) is 2.17. The molecule has 0 radical (unpaired) electrons. The van der Waals surface area contributed by atoms with Gasteiger partial charge in [-0.25, -0.2) is 4.79 Å². The van der Waals surface area contributed by atoms with E-state index in [-0.39, 0.29) is 29.6 Å². The molecule has 0 aliphatic carbocycles. The van der Waals surface area contributed by atoms with Crippen LogP contribution in [0.4, 0.5) is 0 Å². The lowest BCUT2D eigenvalue weighted by Crippen LogP contribution is -2.13. The van der Waals surface area contributed by atoms with Gasteiger partial charge in [-0.1, -0.05) is 32.9 Å². The number of carbonyl (C=O) groups is 2. The molecule has 0 fully saturated rings. The van der Waals surface area contributed by atoms with E-state index in [4.69, 9.17) is 9.47 Å². The van der Waals surface area contributed by atoms with Crippen LogP contribution in [0.5, 0.6) is 5.75 Å². The summed E-state index contributed by atoms with van der Waals surface area (Å²) < 4.78 is 10.2. The maximum atomic E-state index is 11.8. The molecule has 4 nitrogen and oxygen atoms in total. The number of para-hydroxylation sites is 1. The van der Waals surface area contributed by atoms with Crippen molar-refractivity contribution in [3.8, 4) is 5.75 Å². The molecule has 0 N–H and O–H groups in total. The first-order valence-corrected chi connectivity index (χ1v) is 6.01. The van der Waals surface area contributed by atoms with Crippen LogP contribution < -0.4 is 4.74 Å². The largest absolute Gasteiger partial charge is 0.462 e. The van der Waals surface area contributed by atoms with Crippen LogP contribution in [0.15, 0.2) is 24.3 Å². The Morgan fingerprint density at radius 1 is 1.22 bits per heavy atom. The van der Waals surface area contributed by atoms with Crippen LogP contribution in [0.25, 0.3) is 0 Å². The van der Waals surface area contributed by atoms with Crippen molar-refractivity contribution in [1.29, 1.82) is 0 Å². The van der Waals surface area contributed by atoms with Crippen LogP contribution >= 0.6 is 0 Å². The van der Waals surface area contributed by atoms with E-state index in [0.29, 0.717) is 6.61 Å². The van der Waals surface area contributed by atoms with Gasteiger partial charge in [0.25, 0.3) is 0 Å². The summed E-state index contributed by atoms with van der Waals surface area (Å²) in [5, 5.41) is 0. The molecule has 0 spiro atoms. The zero-order valence-electron chi connectivity index (χ0n) is 10.9. The number of carbonyl (C=O) groups excluding carboxylic acids is 2. The van der Waals surface area contributed by atoms with Crippen LogP contribution in [0.3, 0.4) is 0 Å². The average molecular weight is 250 g/mol. The minimum Gasteiger partial charge on any atom is -0.462 e. The number of esters is 2. The van der Waals surface area contributed by atoms with Crippen molar-refractivity contribution < 1.29 is 19.1 Å². The third kappa shape index (κ3) is 4.20. The van der Waals surface area contributed by atoms with Crippen molar-refractivity contribution in [1.82, 2.24) is 0 Å². The number of hydrogen-bond donors (Lipinski definition) is 0. The molecule has 0 unspecified atom stereocenters. The lowest BCUT2D eigenvalue weighted by Gasteiger charge is -2.10. The zero-order valence-corrected chi connectivity index (χ0v) is 10.9. The Balaban J connectivity index is 2.81. The van der Waals surface area contributed by atoms with Crippen LogP contribution in [0, 0.1) is 5.92 Å². The fourth-order valence-electron chi connectivity index (χ4n) is 1.24. The van der Waals surface area contributed by atoms with E-state index in [1.807, 2.05) is 13.8 Å². The number of benzene rings is 1. The van der Waals surface area contributed by atoms with E-state index in [1.165, 1.54) is 0 Å². The summed E-state index contributed by atoms with van der Waals surface area (Å²) >= 11 is 0. The minimum absolute atomic E-state index is 0.248. The first kappa shape index (κ1) is 14.2. The Hall–Kier alpha value is -1.84. The maximum Gasteiger partial charge on any atom is 0.341 e. The van der Waals surface area contributed by atoms with Crippen LogP contribution in [0.2, 0.25) is 0 Å². The quantitative estimate of drug-likeness (QED) is 0.595. The first-order valence-electron chi connectivity index (χ1n) is 6.01. The molecule has 0 aliphatic rings. The molecule has 0 heterocycles. The summed E-state index contributed by atoms with van der Waals surface area (Å²) in [4.78, 5) is 23.1. The molecule has 18 heavy (non-hydrogen) atoms. The highest BCUT2D eigenvalue weighted by molar-refractivity contribution is 5.93. The highest BCUT2D eigenvalue weighted by Gasteiger charge is 2.15. The standard InChI is InChI=1S/C14H18O4/c1-4-13(15)18-12-8-6-5-7-11(12)14(16)17-9-10(2)3/h5-8,10H,4,9H2,1-3H3. The number of rotatable bonds is 5. The fraction of sp³-hybridized carbons (Fsp3) is 0.429. The summed E-state index contributed by atoms with van der Waals surface area (Å²) in [6, 6.07) is 6.58. The molecule has 0 saturated carbocycles. The van der Waals surface area contributed by atoms with Crippen molar-refractivity contribution in [3.05, 3.63) is 29.8 Å². The summed E-state index contributed by atoms with van der Waals surface area (Å²) in [5.74, 6) is -0.334. The second-order valence-corrected chi connectivity index (χ2v) is 4.32. The van der Waals surface area contributed by atoms with E-state index in [2.05, 4.69) is 0 Å². The Labute approximate surface area is 107 Å². The molecule has 0 aromatic heterocycles. The molecule has 98 valence electrons. The Morgan fingerprint density at radius 3 is 2.50 bits per heavy atom. The highest BCUT2D eigenvalue weighted by Crippen LogP contribution is 2.19. The molecule has 1 aromatic rings. The van der Waals surface area contributed by atoms with Crippen molar-refractivity contribution in [2.75, 3.05) is 6.61 Å². The van der Waals surface area contributed by atoms with Gasteiger partial charge in [0.2, 0.25) is 0 Å². The third-order valence-corrected chi connectivity index (χ3v) is 2.17. The summed E-state index contributed by atoms with van der Waals surface area (Å²) in [7, 11) is 0. The van der Waals surface area contributed by atoms with Gasteiger partial charge >= 0.3 is 11.9 Å².